The van der Waals surface area contributed by atoms with Gasteiger partial charge in [0, 0.05) is 6.04 Å². The highest BCUT2D eigenvalue weighted by atomic mass is 19.4. The van der Waals surface area contributed by atoms with Gasteiger partial charge in [-0.3, -0.25) is 0 Å². The van der Waals surface area contributed by atoms with Crippen molar-refractivity contribution in [2.24, 2.45) is 23.5 Å². The number of rotatable bonds is 2. The van der Waals surface area contributed by atoms with Crippen LogP contribution in [0.25, 0.3) is 0 Å². The van der Waals surface area contributed by atoms with Gasteiger partial charge >= 0.3 is 6.18 Å². The van der Waals surface area contributed by atoms with E-state index in [9.17, 15) is 13.2 Å². The largest absolute Gasteiger partial charge is 0.416 e. The lowest BCUT2D eigenvalue weighted by molar-refractivity contribution is -0.138. The lowest BCUT2D eigenvalue weighted by Crippen LogP contribution is -2.28. The zero-order valence-corrected chi connectivity index (χ0v) is 10.7. The summed E-state index contributed by atoms with van der Waals surface area (Å²) in [6.07, 6.45) is 0.211. The van der Waals surface area contributed by atoms with Gasteiger partial charge in [-0.1, -0.05) is 24.6 Å². The van der Waals surface area contributed by atoms with E-state index in [2.05, 4.69) is 0 Å². The Balaban J connectivity index is 1.90. The average Bonchev–Trinajstić information content (AvgIpc) is 2.99. The molecule has 2 bridgehead atoms. The number of fused-ring (bicyclic) bond motifs is 2. The fourth-order valence-electron chi connectivity index (χ4n) is 4.01. The van der Waals surface area contributed by atoms with Crippen LogP contribution in [0, 0.1) is 17.8 Å². The second-order valence-electron chi connectivity index (χ2n) is 5.95. The maximum atomic E-state index is 13.0. The smallest absolute Gasteiger partial charge is 0.324 e. The van der Waals surface area contributed by atoms with Crippen LogP contribution in [0.1, 0.15) is 42.9 Å². The molecule has 0 saturated heterocycles. The van der Waals surface area contributed by atoms with E-state index in [1.807, 2.05) is 0 Å². The van der Waals surface area contributed by atoms with E-state index in [0.717, 1.165) is 25.3 Å². The molecule has 2 fully saturated rings. The monoisotopic (exact) mass is 269 g/mol. The number of halogens is 3. The third-order valence-electron chi connectivity index (χ3n) is 4.88. The van der Waals surface area contributed by atoms with Crippen molar-refractivity contribution in [3.63, 3.8) is 0 Å². The van der Waals surface area contributed by atoms with E-state index in [4.69, 9.17) is 5.73 Å². The highest BCUT2D eigenvalue weighted by Gasteiger charge is 2.44. The van der Waals surface area contributed by atoms with Crippen LogP contribution in [0.15, 0.2) is 24.3 Å². The van der Waals surface area contributed by atoms with E-state index in [1.165, 1.54) is 12.5 Å². The topological polar surface area (TPSA) is 26.0 Å². The Morgan fingerprint density at radius 2 is 1.84 bits per heavy atom. The van der Waals surface area contributed by atoms with Gasteiger partial charge in [0.25, 0.3) is 0 Å². The van der Waals surface area contributed by atoms with Gasteiger partial charge < -0.3 is 5.73 Å². The van der Waals surface area contributed by atoms with Gasteiger partial charge in [-0.05, 0) is 48.6 Å². The minimum atomic E-state index is -4.31. The van der Waals surface area contributed by atoms with Crippen molar-refractivity contribution >= 4 is 0 Å². The summed E-state index contributed by atoms with van der Waals surface area (Å²) in [5.74, 6) is 1.45. The first-order valence-corrected chi connectivity index (χ1v) is 6.88. The van der Waals surface area contributed by atoms with Gasteiger partial charge in [-0.15, -0.1) is 0 Å². The number of hydrogen-bond donors (Lipinski definition) is 1. The summed E-state index contributed by atoms with van der Waals surface area (Å²) in [5.41, 5.74) is 5.89. The highest BCUT2D eigenvalue weighted by Crippen LogP contribution is 2.52. The quantitative estimate of drug-likeness (QED) is 0.858. The van der Waals surface area contributed by atoms with Crippen molar-refractivity contribution in [2.45, 2.75) is 37.9 Å². The molecule has 2 aliphatic rings. The van der Waals surface area contributed by atoms with E-state index >= 15 is 0 Å². The zero-order valence-electron chi connectivity index (χ0n) is 10.7. The standard InChI is InChI=1S/C15H18F3N/c16-15(17,18)13-4-2-1-3-11(13)14(19)12-8-9-5-6-10(12)7-9/h1-4,9-10,12,14H,5-8,19H2. The summed E-state index contributed by atoms with van der Waals surface area (Å²) in [5, 5.41) is 0. The summed E-state index contributed by atoms with van der Waals surface area (Å²) in [6.45, 7) is 0. The Morgan fingerprint density at radius 3 is 2.42 bits per heavy atom. The molecule has 4 heteroatoms. The zero-order chi connectivity index (χ0) is 13.6. The molecule has 0 amide bonds. The van der Waals surface area contributed by atoms with Crippen LogP contribution < -0.4 is 5.73 Å². The first-order chi connectivity index (χ1) is 8.97. The minimum absolute atomic E-state index is 0.224. The number of benzene rings is 1. The van der Waals surface area contributed by atoms with Crippen molar-refractivity contribution in [3.8, 4) is 0 Å². The summed E-state index contributed by atoms with van der Waals surface area (Å²) in [6, 6.07) is 5.28. The van der Waals surface area contributed by atoms with Gasteiger partial charge in [0.1, 0.15) is 0 Å². The van der Waals surface area contributed by atoms with Gasteiger partial charge in [0.2, 0.25) is 0 Å². The van der Waals surface area contributed by atoms with Crippen LogP contribution in [-0.4, -0.2) is 0 Å². The fraction of sp³-hybridized carbons (Fsp3) is 0.600. The van der Waals surface area contributed by atoms with Crippen molar-refractivity contribution in [2.75, 3.05) is 0 Å². The first-order valence-electron chi connectivity index (χ1n) is 6.88. The molecule has 0 heterocycles. The summed E-state index contributed by atoms with van der Waals surface area (Å²) in [4.78, 5) is 0. The van der Waals surface area contributed by atoms with Crippen LogP contribution in [0.5, 0.6) is 0 Å². The van der Waals surface area contributed by atoms with Crippen LogP contribution in [0.3, 0.4) is 0 Å². The molecule has 2 aliphatic carbocycles. The number of nitrogens with two attached hydrogens (primary N) is 1. The molecule has 19 heavy (non-hydrogen) atoms. The Hall–Kier alpha value is -1.03. The maximum Gasteiger partial charge on any atom is 0.416 e. The molecule has 0 spiro atoms. The van der Waals surface area contributed by atoms with Gasteiger partial charge in [-0.2, -0.15) is 13.2 Å². The van der Waals surface area contributed by atoms with E-state index in [1.54, 1.807) is 12.1 Å². The molecular formula is C15H18F3N. The normalized spacial score (nSPS) is 31.7. The van der Waals surface area contributed by atoms with Crippen molar-refractivity contribution in [3.05, 3.63) is 35.4 Å². The van der Waals surface area contributed by atoms with E-state index in [-0.39, 0.29) is 11.5 Å². The van der Waals surface area contributed by atoms with Crippen LogP contribution >= 0.6 is 0 Å². The third-order valence-corrected chi connectivity index (χ3v) is 4.88. The van der Waals surface area contributed by atoms with Crippen LogP contribution in [0.2, 0.25) is 0 Å². The Labute approximate surface area is 111 Å². The number of alkyl halides is 3. The van der Waals surface area contributed by atoms with Crippen molar-refractivity contribution in [1.82, 2.24) is 0 Å². The third kappa shape index (κ3) is 2.27. The maximum absolute atomic E-state index is 13.0. The molecule has 3 rings (SSSR count). The van der Waals surface area contributed by atoms with Gasteiger partial charge in [0.15, 0.2) is 0 Å². The molecule has 0 radical (unpaired) electrons. The molecule has 2 N–H and O–H groups in total. The summed E-state index contributed by atoms with van der Waals surface area (Å²) < 4.78 is 39.1. The lowest BCUT2D eigenvalue weighted by atomic mass is 9.80. The van der Waals surface area contributed by atoms with Crippen molar-refractivity contribution in [1.29, 1.82) is 0 Å². The minimum Gasteiger partial charge on any atom is -0.324 e. The Bertz CT molecular complexity index is 469. The second kappa shape index (κ2) is 4.51. The van der Waals surface area contributed by atoms with Crippen LogP contribution in [0.4, 0.5) is 13.2 Å². The molecule has 0 aliphatic heterocycles. The first kappa shape index (κ1) is 13.0. The van der Waals surface area contributed by atoms with E-state index in [0.29, 0.717) is 11.8 Å². The predicted octanol–water partition coefficient (Wildman–Crippen LogP) is 4.14. The van der Waals surface area contributed by atoms with Gasteiger partial charge in [0.05, 0.1) is 5.56 Å². The molecular weight excluding hydrogens is 251 g/mol. The molecule has 1 aromatic carbocycles. The second-order valence-corrected chi connectivity index (χ2v) is 5.95. The lowest BCUT2D eigenvalue weighted by Gasteiger charge is -2.29. The average molecular weight is 269 g/mol. The predicted molar refractivity (Wildman–Crippen MR) is 67.3 cm³/mol. The summed E-state index contributed by atoms with van der Waals surface area (Å²) >= 11 is 0. The molecule has 1 nitrogen and oxygen atoms in total. The fourth-order valence-corrected chi connectivity index (χ4v) is 4.01. The molecule has 4 atom stereocenters. The Kier molecular flexibility index (Phi) is 3.08. The molecule has 104 valence electrons. The number of hydrogen-bond acceptors (Lipinski definition) is 1. The molecule has 2 saturated carbocycles. The van der Waals surface area contributed by atoms with Crippen LogP contribution in [-0.2, 0) is 6.18 Å². The molecule has 1 aromatic rings. The highest BCUT2D eigenvalue weighted by molar-refractivity contribution is 5.33. The van der Waals surface area contributed by atoms with Gasteiger partial charge in [-0.25, -0.2) is 0 Å². The molecule has 0 aromatic heterocycles. The summed E-state index contributed by atoms with van der Waals surface area (Å²) in [7, 11) is 0. The Morgan fingerprint density at radius 1 is 1.11 bits per heavy atom. The van der Waals surface area contributed by atoms with Crippen molar-refractivity contribution < 1.29 is 13.2 Å². The SMILES string of the molecule is NC(c1ccccc1C(F)(F)F)C1CC2CCC1C2. The molecule has 4 unspecified atom stereocenters. The van der Waals surface area contributed by atoms with E-state index < -0.39 is 17.8 Å².